The van der Waals surface area contributed by atoms with Gasteiger partial charge in [-0.05, 0) is 36.6 Å². The maximum atomic E-state index is 12.4. The molecule has 29 heavy (non-hydrogen) atoms. The number of benzene rings is 1. The van der Waals surface area contributed by atoms with Crippen LogP contribution in [0.25, 0.3) is 0 Å². The lowest BCUT2D eigenvalue weighted by atomic mass is 10.0. The van der Waals surface area contributed by atoms with E-state index in [9.17, 15) is 22.8 Å². The van der Waals surface area contributed by atoms with Gasteiger partial charge in [-0.2, -0.15) is 13.2 Å². The summed E-state index contributed by atoms with van der Waals surface area (Å²) in [6, 6.07) is 7.81. The van der Waals surface area contributed by atoms with Crippen molar-refractivity contribution >= 4 is 11.8 Å². The molecule has 156 valence electrons. The fourth-order valence-corrected chi connectivity index (χ4v) is 3.10. The fraction of sp³-hybridized carbons (Fsp3) is 0.400. The van der Waals surface area contributed by atoms with Crippen LogP contribution < -0.4 is 5.32 Å². The molecular formula is C20H21F3N2O4. The van der Waals surface area contributed by atoms with Gasteiger partial charge in [0.05, 0.1) is 18.4 Å². The minimum absolute atomic E-state index is 0.0503. The van der Waals surface area contributed by atoms with Gasteiger partial charge in [0.15, 0.2) is 0 Å². The van der Waals surface area contributed by atoms with Crippen LogP contribution in [0.4, 0.5) is 13.2 Å². The molecule has 2 heterocycles. The first-order valence-electron chi connectivity index (χ1n) is 9.17. The Morgan fingerprint density at radius 1 is 1.10 bits per heavy atom. The smallest absolute Gasteiger partial charge is 0.411 e. The molecule has 2 aromatic rings. The van der Waals surface area contributed by atoms with Crippen molar-refractivity contribution in [2.75, 3.05) is 19.7 Å². The van der Waals surface area contributed by atoms with Crippen LogP contribution >= 0.6 is 0 Å². The van der Waals surface area contributed by atoms with Crippen molar-refractivity contribution in [1.82, 2.24) is 10.2 Å². The van der Waals surface area contributed by atoms with Crippen molar-refractivity contribution in [3.8, 4) is 0 Å². The number of piperidine rings is 1. The lowest BCUT2D eigenvalue weighted by Crippen LogP contribution is -2.46. The quantitative estimate of drug-likeness (QED) is 0.793. The number of nitrogens with one attached hydrogen (secondary N) is 1. The number of ether oxygens (including phenoxy) is 1. The number of hydrogen-bond donors (Lipinski definition) is 1. The summed E-state index contributed by atoms with van der Waals surface area (Å²) in [6.45, 7) is -0.420. The van der Waals surface area contributed by atoms with Crippen molar-refractivity contribution in [2.45, 2.75) is 31.7 Å². The predicted octanol–water partition coefficient (Wildman–Crippen LogP) is 3.39. The highest BCUT2D eigenvalue weighted by Gasteiger charge is 2.27. The highest BCUT2D eigenvalue weighted by Crippen LogP contribution is 2.17. The zero-order valence-corrected chi connectivity index (χ0v) is 15.6. The molecule has 6 nitrogen and oxygen atoms in total. The summed E-state index contributed by atoms with van der Waals surface area (Å²) in [5.41, 5.74) is 1.48. The first-order valence-corrected chi connectivity index (χ1v) is 9.17. The standard InChI is InChI=1S/C20H21F3N2O4/c21-20(22,23)13-29-11-14-1-3-15(4-2-14)18(26)24-17-5-8-25(9-6-17)19(27)16-7-10-28-12-16/h1-4,7,10,12,17H,5-6,8-9,11,13H2,(H,24,26). The van der Waals surface area contributed by atoms with E-state index in [1.165, 1.54) is 12.5 Å². The summed E-state index contributed by atoms with van der Waals surface area (Å²) in [4.78, 5) is 26.4. The van der Waals surface area contributed by atoms with Gasteiger partial charge in [0.1, 0.15) is 12.9 Å². The lowest BCUT2D eigenvalue weighted by Gasteiger charge is -2.32. The molecule has 1 aliphatic rings. The van der Waals surface area contributed by atoms with E-state index in [0.717, 1.165) is 0 Å². The number of furan rings is 1. The van der Waals surface area contributed by atoms with Gasteiger partial charge in [-0.15, -0.1) is 0 Å². The van der Waals surface area contributed by atoms with Crippen molar-refractivity contribution in [3.63, 3.8) is 0 Å². The van der Waals surface area contributed by atoms with Gasteiger partial charge in [-0.1, -0.05) is 12.1 Å². The van der Waals surface area contributed by atoms with E-state index in [0.29, 0.717) is 42.6 Å². The van der Waals surface area contributed by atoms with E-state index in [1.807, 2.05) is 0 Å². The lowest BCUT2D eigenvalue weighted by molar-refractivity contribution is -0.176. The third-order valence-electron chi connectivity index (χ3n) is 4.64. The van der Waals surface area contributed by atoms with Crippen LogP contribution in [0.2, 0.25) is 0 Å². The fourth-order valence-electron chi connectivity index (χ4n) is 3.10. The van der Waals surface area contributed by atoms with Gasteiger partial charge in [0, 0.05) is 24.7 Å². The Balaban J connectivity index is 1.44. The van der Waals surface area contributed by atoms with E-state index >= 15 is 0 Å². The van der Waals surface area contributed by atoms with Crippen LogP contribution in [-0.4, -0.2) is 48.6 Å². The summed E-state index contributed by atoms with van der Waals surface area (Å²) < 4.78 is 45.8. The second-order valence-corrected chi connectivity index (χ2v) is 6.86. The Bertz CT molecular complexity index is 811. The second-order valence-electron chi connectivity index (χ2n) is 6.86. The molecule has 0 unspecified atom stereocenters. The number of rotatable bonds is 6. The SMILES string of the molecule is O=C(NC1CCN(C(=O)c2ccoc2)CC1)c1ccc(COCC(F)(F)F)cc1. The van der Waals surface area contributed by atoms with Gasteiger partial charge >= 0.3 is 6.18 Å². The van der Waals surface area contributed by atoms with Crippen LogP contribution in [0, 0.1) is 0 Å². The van der Waals surface area contributed by atoms with Crippen molar-refractivity contribution in [1.29, 1.82) is 0 Å². The van der Waals surface area contributed by atoms with Gasteiger partial charge in [-0.25, -0.2) is 0 Å². The molecule has 0 bridgehead atoms. The molecular weight excluding hydrogens is 389 g/mol. The number of amides is 2. The van der Waals surface area contributed by atoms with Crippen molar-refractivity contribution in [3.05, 3.63) is 59.5 Å². The molecule has 0 saturated carbocycles. The Morgan fingerprint density at radius 2 is 1.79 bits per heavy atom. The maximum Gasteiger partial charge on any atom is 0.411 e. The molecule has 0 aliphatic carbocycles. The molecule has 1 saturated heterocycles. The summed E-state index contributed by atoms with van der Waals surface area (Å²) in [5, 5.41) is 2.94. The molecule has 0 spiro atoms. The maximum absolute atomic E-state index is 12.4. The van der Waals surface area contributed by atoms with Crippen LogP contribution in [0.3, 0.4) is 0 Å². The largest absolute Gasteiger partial charge is 0.472 e. The number of nitrogens with zero attached hydrogens (tertiary/aromatic N) is 1. The van der Waals surface area contributed by atoms with Gasteiger partial charge in [0.2, 0.25) is 0 Å². The van der Waals surface area contributed by atoms with E-state index in [4.69, 9.17) is 4.42 Å². The van der Waals surface area contributed by atoms with Crippen LogP contribution in [0.5, 0.6) is 0 Å². The van der Waals surface area contributed by atoms with Crippen LogP contribution in [0.1, 0.15) is 39.1 Å². The first-order chi connectivity index (χ1) is 13.8. The third kappa shape index (κ3) is 6.08. The van der Waals surface area contributed by atoms with Gasteiger partial charge < -0.3 is 19.4 Å². The predicted molar refractivity (Wildman–Crippen MR) is 97.3 cm³/mol. The van der Waals surface area contributed by atoms with E-state index in [-0.39, 0.29) is 24.5 Å². The summed E-state index contributed by atoms with van der Waals surface area (Å²) in [6.07, 6.45) is -0.224. The molecule has 1 fully saturated rings. The third-order valence-corrected chi connectivity index (χ3v) is 4.64. The van der Waals surface area contributed by atoms with E-state index in [2.05, 4.69) is 10.1 Å². The zero-order chi connectivity index (χ0) is 20.9. The highest BCUT2D eigenvalue weighted by molar-refractivity contribution is 5.95. The number of carbonyl (C=O) groups is 2. The van der Waals surface area contributed by atoms with Gasteiger partial charge in [0.25, 0.3) is 11.8 Å². The number of alkyl halides is 3. The summed E-state index contributed by atoms with van der Waals surface area (Å²) in [7, 11) is 0. The number of halogens is 3. The normalized spacial score (nSPS) is 15.3. The monoisotopic (exact) mass is 410 g/mol. The average molecular weight is 410 g/mol. The second kappa shape index (κ2) is 9.13. The van der Waals surface area contributed by atoms with Gasteiger partial charge in [-0.3, -0.25) is 9.59 Å². The molecule has 0 atom stereocenters. The minimum Gasteiger partial charge on any atom is -0.472 e. The molecule has 9 heteroatoms. The Kier molecular flexibility index (Phi) is 6.58. The van der Waals surface area contributed by atoms with Crippen LogP contribution in [-0.2, 0) is 11.3 Å². The minimum atomic E-state index is -4.36. The van der Waals surface area contributed by atoms with E-state index in [1.54, 1.807) is 35.2 Å². The van der Waals surface area contributed by atoms with Crippen LogP contribution in [0.15, 0.2) is 47.3 Å². The number of likely N-dealkylation sites (tertiary alicyclic amines) is 1. The number of hydrogen-bond acceptors (Lipinski definition) is 4. The highest BCUT2D eigenvalue weighted by atomic mass is 19.4. The first kappa shape index (κ1) is 20.9. The molecule has 1 aromatic heterocycles. The molecule has 1 aromatic carbocycles. The molecule has 0 radical (unpaired) electrons. The molecule has 3 rings (SSSR count). The number of carbonyl (C=O) groups excluding carboxylic acids is 2. The molecule has 1 aliphatic heterocycles. The molecule has 2 amide bonds. The van der Waals surface area contributed by atoms with Crippen molar-refractivity contribution in [2.24, 2.45) is 0 Å². The zero-order valence-electron chi connectivity index (χ0n) is 15.6. The molecule has 1 N–H and O–H groups in total. The Morgan fingerprint density at radius 3 is 2.38 bits per heavy atom. The average Bonchev–Trinajstić information content (AvgIpc) is 3.22. The Labute approximate surface area is 165 Å². The van der Waals surface area contributed by atoms with E-state index < -0.39 is 12.8 Å². The Hall–Kier alpha value is -2.81. The topological polar surface area (TPSA) is 71.8 Å². The summed E-state index contributed by atoms with van der Waals surface area (Å²) in [5.74, 6) is -0.348. The summed E-state index contributed by atoms with van der Waals surface area (Å²) >= 11 is 0. The van der Waals surface area contributed by atoms with Crippen molar-refractivity contribution < 1.29 is 31.9 Å².